The molecule has 1 aromatic rings. The van der Waals surface area contributed by atoms with E-state index in [9.17, 15) is 37.5 Å². The second kappa shape index (κ2) is 16.4. The largest absolute Gasteiger partial charge is 0.347 e. The number of alkyl halides is 2. The molecule has 2 heterocycles. The normalized spacial score (nSPS) is 22.2. The first-order valence-electron chi connectivity index (χ1n) is 16.9. The van der Waals surface area contributed by atoms with Gasteiger partial charge < -0.3 is 26.2 Å². The smallest absolute Gasteiger partial charge is 0.289 e. The highest BCUT2D eigenvalue weighted by molar-refractivity contribution is 6.38. The lowest BCUT2D eigenvalue weighted by molar-refractivity contribution is -0.145. The molecule has 13 nitrogen and oxygen atoms in total. The van der Waals surface area contributed by atoms with E-state index in [1.807, 2.05) is 0 Å². The Morgan fingerprint density at radius 3 is 2.21 bits per heavy atom. The Morgan fingerprint density at radius 2 is 1.60 bits per heavy atom. The Balaban J connectivity index is 1.51. The summed E-state index contributed by atoms with van der Waals surface area (Å²) in [4.78, 5) is 89.5. The minimum Gasteiger partial charge on any atom is -0.347 e. The molecule has 0 radical (unpaired) electrons. The Bertz CT molecular complexity index is 1340. The van der Waals surface area contributed by atoms with Gasteiger partial charge in [0.25, 0.3) is 11.8 Å². The first-order valence-corrected chi connectivity index (χ1v) is 16.9. The van der Waals surface area contributed by atoms with E-state index in [0.717, 1.165) is 25.7 Å². The predicted octanol–water partition coefficient (Wildman–Crippen LogP) is 1.77. The summed E-state index contributed by atoms with van der Waals surface area (Å²) in [5.74, 6) is -5.00. The van der Waals surface area contributed by atoms with Crippen LogP contribution in [0, 0.1) is 23.7 Å². The minimum atomic E-state index is -2.60. The lowest BCUT2D eigenvalue weighted by Crippen LogP contribution is -2.60. The molecule has 5 amide bonds. The first kappa shape index (κ1) is 36.8. The monoisotopic (exact) mass is 675 g/mol. The summed E-state index contributed by atoms with van der Waals surface area (Å²) >= 11 is 0. The number of amides is 5. The Labute approximate surface area is 279 Å². The van der Waals surface area contributed by atoms with Crippen molar-refractivity contribution in [3.63, 3.8) is 0 Å². The standard InChI is InChI=1S/C33H47F2N7O6/c1-17(2)25(40-29(44)23-15-36-13-14-37-23)30(45)41-26(18(3)4)33(48)42-16-19-7-5-8-21(19)27(42)31(46)39-22(9-6-10-24(34)35)28(43)32(47)38-20-11-12-20/h13-15,17-22,24-27H,5-12,16H2,1-4H3,(H,38,47)(H,39,46)(H,40,44)(H,41,45)/t19-,21-,22?,25?,26?,27-/m0/s1. The summed E-state index contributed by atoms with van der Waals surface area (Å²) in [6.07, 6.45) is 4.51. The van der Waals surface area contributed by atoms with Crippen LogP contribution in [0.1, 0.15) is 89.5 Å². The lowest BCUT2D eigenvalue weighted by Gasteiger charge is -2.34. The molecule has 3 aliphatic rings. The molecule has 6 atom stereocenters. The molecular weight excluding hydrogens is 628 g/mol. The molecule has 3 unspecified atom stereocenters. The van der Waals surface area contributed by atoms with Crippen LogP contribution in [0.3, 0.4) is 0 Å². The highest BCUT2D eigenvalue weighted by Gasteiger charge is 2.51. The molecule has 2 aliphatic carbocycles. The molecule has 4 N–H and O–H groups in total. The highest BCUT2D eigenvalue weighted by Crippen LogP contribution is 2.42. The number of rotatable bonds is 16. The Hall–Kier alpha value is -4.04. The van der Waals surface area contributed by atoms with Crippen molar-refractivity contribution in [3.8, 4) is 0 Å². The third-order valence-electron chi connectivity index (χ3n) is 9.39. The maximum atomic E-state index is 14.2. The number of halogens is 2. The van der Waals surface area contributed by atoms with Gasteiger partial charge in [-0.3, -0.25) is 33.8 Å². The number of hydrogen-bond acceptors (Lipinski definition) is 8. The lowest BCUT2D eigenvalue weighted by atomic mass is 9.92. The number of nitrogens with zero attached hydrogens (tertiary/aromatic N) is 3. The topological polar surface area (TPSA) is 180 Å². The molecule has 0 aromatic carbocycles. The quantitative estimate of drug-likeness (QED) is 0.192. The number of likely N-dealkylation sites (tertiary alicyclic amines) is 1. The van der Waals surface area contributed by atoms with Crippen molar-refractivity contribution in [2.24, 2.45) is 23.7 Å². The van der Waals surface area contributed by atoms with E-state index in [-0.39, 0.29) is 48.9 Å². The average Bonchev–Trinajstić information content (AvgIpc) is 3.61. The van der Waals surface area contributed by atoms with E-state index in [1.165, 1.54) is 23.5 Å². The minimum absolute atomic E-state index is 0.0223. The van der Waals surface area contributed by atoms with E-state index >= 15 is 0 Å². The molecule has 2 saturated carbocycles. The van der Waals surface area contributed by atoms with Crippen LogP contribution in [0.15, 0.2) is 18.6 Å². The number of Topliss-reactive ketones (excluding diaryl/α,β-unsaturated/α-hetero) is 1. The van der Waals surface area contributed by atoms with Crippen molar-refractivity contribution >= 4 is 35.3 Å². The van der Waals surface area contributed by atoms with Crippen LogP contribution in [-0.4, -0.2) is 93.4 Å². The zero-order valence-electron chi connectivity index (χ0n) is 27.9. The van der Waals surface area contributed by atoms with Crippen LogP contribution in [-0.2, 0) is 24.0 Å². The number of aromatic nitrogens is 2. The molecule has 1 saturated heterocycles. The van der Waals surface area contributed by atoms with Gasteiger partial charge in [0.2, 0.25) is 29.9 Å². The van der Waals surface area contributed by atoms with E-state index in [0.29, 0.717) is 6.42 Å². The van der Waals surface area contributed by atoms with Gasteiger partial charge in [0.05, 0.1) is 12.2 Å². The second-order valence-corrected chi connectivity index (χ2v) is 13.8. The Morgan fingerprint density at radius 1 is 0.896 bits per heavy atom. The Kier molecular flexibility index (Phi) is 12.6. The van der Waals surface area contributed by atoms with Gasteiger partial charge in [-0.05, 0) is 62.2 Å². The molecule has 0 bridgehead atoms. The molecule has 3 fully saturated rings. The van der Waals surface area contributed by atoms with Gasteiger partial charge in [-0.15, -0.1) is 0 Å². The van der Waals surface area contributed by atoms with Gasteiger partial charge in [0.1, 0.15) is 23.8 Å². The van der Waals surface area contributed by atoms with Crippen molar-refractivity contribution in [1.29, 1.82) is 0 Å². The third kappa shape index (κ3) is 9.31. The van der Waals surface area contributed by atoms with Crippen LogP contribution < -0.4 is 21.3 Å². The molecule has 15 heteroatoms. The van der Waals surface area contributed by atoms with Gasteiger partial charge in [-0.2, -0.15) is 0 Å². The fraction of sp³-hybridized carbons (Fsp3) is 0.697. The van der Waals surface area contributed by atoms with Gasteiger partial charge >= 0.3 is 0 Å². The van der Waals surface area contributed by atoms with Crippen molar-refractivity contribution in [3.05, 3.63) is 24.3 Å². The molecule has 48 heavy (non-hydrogen) atoms. The molecular formula is C33H47F2N7O6. The molecule has 1 aromatic heterocycles. The summed E-state index contributed by atoms with van der Waals surface area (Å²) in [5, 5.41) is 10.7. The summed E-state index contributed by atoms with van der Waals surface area (Å²) < 4.78 is 25.9. The van der Waals surface area contributed by atoms with Crippen LogP contribution in [0.25, 0.3) is 0 Å². The van der Waals surface area contributed by atoms with Crippen molar-refractivity contribution in [2.45, 2.75) is 116 Å². The fourth-order valence-corrected chi connectivity index (χ4v) is 6.61. The predicted molar refractivity (Wildman–Crippen MR) is 169 cm³/mol. The van der Waals surface area contributed by atoms with E-state index in [4.69, 9.17) is 0 Å². The number of nitrogens with one attached hydrogen (secondary N) is 4. The van der Waals surface area contributed by atoms with E-state index in [2.05, 4.69) is 31.2 Å². The molecule has 0 spiro atoms. The zero-order chi connectivity index (χ0) is 35.1. The number of hydrogen-bond donors (Lipinski definition) is 4. The maximum absolute atomic E-state index is 14.2. The number of fused-ring (bicyclic) bond motifs is 1. The van der Waals surface area contributed by atoms with E-state index in [1.54, 1.807) is 27.7 Å². The van der Waals surface area contributed by atoms with Gasteiger partial charge in [0, 0.05) is 31.4 Å². The SMILES string of the molecule is CC(C)C(NC(=O)c1cnccn1)C(=O)NC(C(=O)N1C[C@@H]2CCC[C@@H]2[C@H]1C(=O)NC(CCCC(F)F)C(=O)C(=O)NC1CC1)C(C)C. The highest BCUT2D eigenvalue weighted by atomic mass is 19.3. The maximum Gasteiger partial charge on any atom is 0.289 e. The van der Waals surface area contributed by atoms with E-state index < -0.39 is 78.3 Å². The van der Waals surface area contributed by atoms with Crippen LogP contribution in [0.5, 0.6) is 0 Å². The fourth-order valence-electron chi connectivity index (χ4n) is 6.61. The van der Waals surface area contributed by atoms with Crippen molar-refractivity contribution in [2.75, 3.05) is 6.54 Å². The second-order valence-electron chi connectivity index (χ2n) is 13.8. The van der Waals surface area contributed by atoms with Gasteiger partial charge in [0.15, 0.2) is 0 Å². The number of carbonyl (C=O) groups is 6. The third-order valence-corrected chi connectivity index (χ3v) is 9.39. The zero-order valence-corrected chi connectivity index (χ0v) is 27.9. The molecule has 4 rings (SSSR count). The number of carbonyl (C=O) groups excluding carboxylic acids is 6. The summed E-state index contributed by atoms with van der Waals surface area (Å²) in [6.45, 7) is 7.28. The summed E-state index contributed by atoms with van der Waals surface area (Å²) in [7, 11) is 0. The first-order chi connectivity index (χ1) is 22.8. The average molecular weight is 676 g/mol. The summed E-state index contributed by atoms with van der Waals surface area (Å²) in [5.41, 5.74) is 0.0286. The van der Waals surface area contributed by atoms with Crippen molar-refractivity contribution in [1.82, 2.24) is 36.1 Å². The van der Waals surface area contributed by atoms with Gasteiger partial charge in [-0.25, -0.2) is 13.8 Å². The number of ketones is 1. The molecule has 264 valence electrons. The summed E-state index contributed by atoms with van der Waals surface area (Å²) in [6, 6.07) is -4.46. The van der Waals surface area contributed by atoms with Crippen LogP contribution in [0.2, 0.25) is 0 Å². The van der Waals surface area contributed by atoms with Crippen LogP contribution >= 0.6 is 0 Å². The molecule has 1 aliphatic heterocycles. The van der Waals surface area contributed by atoms with Gasteiger partial charge in [-0.1, -0.05) is 34.1 Å². The van der Waals surface area contributed by atoms with Crippen LogP contribution in [0.4, 0.5) is 8.78 Å². The van der Waals surface area contributed by atoms with Crippen molar-refractivity contribution < 1.29 is 37.5 Å².